The van der Waals surface area contributed by atoms with Crippen molar-refractivity contribution in [3.63, 3.8) is 0 Å². The van der Waals surface area contributed by atoms with E-state index in [4.69, 9.17) is 4.74 Å². The Bertz CT molecular complexity index is 1180. The van der Waals surface area contributed by atoms with Crippen molar-refractivity contribution in [2.24, 2.45) is 11.8 Å². The monoisotopic (exact) mass is 500 g/mol. The molecule has 2 saturated heterocycles. The Hall–Kier alpha value is -2.96. The van der Waals surface area contributed by atoms with Crippen LogP contribution in [0.2, 0.25) is 0 Å². The molecule has 3 atom stereocenters. The zero-order valence-corrected chi connectivity index (χ0v) is 22.2. The predicted octanol–water partition coefficient (Wildman–Crippen LogP) is 4.66. The van der Waals surface area contributed by atoms with Crippen LogP contribution in [0.4, 0.5) is 0 Å². The number of hydrogen-bond acceptors (Lipinski definition) is 5. The summed E-state index contributed by atoms with van der Waals surface area (Å²) in [7, 11) is 0. The van der Waals surface area contributed by atoms with E-state index in [0.29, 0.717) is 12.6 Å². The number of aryl methyl sites for hydroxylation is 1. The van der Waals surface area contributed by atoms with Crippen LogP contribution in [0.25, 0.3) is 10.8 Å². The third-order valence-electron chi connectivity index (χ3n) is 7.99. The number of rotatable bonds is 9. The number of piperidine rings is 1. The van der Waals surface area contributed by atoms with Crippen LogP contribution < -0.4 is 10.1 Å². The SMILES string of the molecule is CCN1CCCC1CNC(=O)[C@@H]1C[C@H](COc2ccc(C)nc2)CN(Cc2ccc3ccccc3c2)C1. The summed E-state index contributed by atoms with van der Waals surface area (Å²) in [6, 6.07) is 19.6. The quantitative estimate of drug-likeness (QED) is 0.463. The molecule has 1 amide bonds. The smallest absolute Gasteiger partial charge is 0.224 e. The van der Waals surface area contributed by atoms with Gasteiger partial charge in [0.2, 0.25) is 5.91 Å². The van der Waals surface area contributed by atoms with E-state index < -0.39 is 0 Å². The summed E-state index contributed by atoms with van der Waals surface area (Å²) in [5.74, 6) is 1.23. The van der Waals surface area contributed by atoms with Crippen molar-refractivity contribution in [3.05, 3.63) is 72.1 Å². The summed E-state index contributed by atoms with van der Waals surface area (Å²) >= 11 is 0. The molecule has 6 heteroatoms. The standard InChI is InChI=1S/C31H40N4O2/c1-3-35-14-6-9-29(35)17-33-31(36)28-16-25(22-37-30-13-10-23(2)32-18-30)20-34(21-28)19-24-11-12-26-7-4-5-8-27(26)15-24/h4-5,7-8,10-13,15,18,25,28-29H,3,6,9,14,16-17,19-22H2,1-2H3,(H,33,36)/t25-,28+,29?/m0/s1. The molecular weight excluding hydrogens is 460 g/mol. The maximum Gasteiger partial charge on any atom is 0.224 e. The molecule has 0 spiro atoms. The minimum absolute atomic E-state index is 0.0320. The number of amides is 1. The zero-order valence-electron chi connectivity index (χ0n) is 22.2. The molecule has 0 radical (unpaired) electrons. The van der Waals surface area contributed by atoms with Crippen LogP contribution in [0.5, 0.6) is 5.75 Å². The first-order valence-corrected chi connectivity index (χ1v) is 13.8. The summed E-state index contributed by atoms with van der Waals surface area (Å²) in [6.07, 6.45) is 5.04. The van der Waals surface area contributed by atoms with Crippen LogP contribution in [0.15, 0.2) is 60.8 Å². The number of nitrogens with one attached hydrogen (secondary N) is 1. The molecule has 0 saturated carbocycles. The van der Waals surface area contributed by atoms with E-state index >= 15 is 0 Å². The number of likely N-dealkylation sites (N-methyl/N-ethyl adjacent to an activating group) is 1. The summed E-state index contributed by atoms with van der Waals surface area (Å²) in [4.78, 5) is 22.6. The van der Waals surface area contributed by atoms with Gasteiger partial charge in [0.15, 0.2) is 0 Å². The van der Waals surface area contributed by atoms with Gasteiger partial charge in [0.05, 0.1) is 18.7 Å². The molecule has 37 heavy (non-hydrogen) atoms. The van der Waals surface area contributed by atoms with Gasteiger partial charge in [0.1, 0.15) is 5.75 Å². The van der Waals surface area contributed by atoms with Crippen LogP contribution in [-0.2, 0) is 11.3 Å². The summed E-state index contributed by atoms with van der Waals surface area (Å²) in [6.45, 7) is 10.3. The van der Waals surface area contributed by atoms with Gasteiger partial charge in [-0.25, -0.2) is 0 Å². The van der Waals surface area contributed by atoms with Gasteiger partial charge < -0.3 is 10.1 Å². The van der Waals surface area contributed by atoms with Crippen LogP contribution in [0.3, 0.4) is 0 Å². The van der Waals surface area contributed by atoms with Crippen molar-refractivity contribution in [2.45, 2.75) is 45.7 Å². The highest BCUT2D eigenvalue weighted by atomic mass is 16.5. The van der Waals surface area contributed by atoms with Gasteiger partial charge in [-0.1, -0.05) is 43.3 Å². The highest BCUT2D eigenvalue weighted by Crippen LogP contribution is 2.26. The van der Waals surface area contributed by atoms with E-state index in [9.17, 15) is 4.79 Å². The third-order valence-corrected chi connectivity index (χ3v) is 7.99. The van der Waals surface area contributed by atoms with Gasteiger partial charge >= 0.3 is 0 Å². The molecule has 5 rings (SSSR count). The van der Waals surface area contributed by atoms with E-state index in [0.717, 1.165) is 57.1 Å². The molecule has 196 valence electrons. The van der Waals surface area contributed by atoms with Gasteiger partial charge in [-0.15, -0.1) is 0 Å². The minimum Gasteiger partial charge on any atom is -0.492 e. The van der Waals surface area contributed by atoms with E-state index in [-0.39, 0.29) is 17.7 Å². The molecule has 2 aliphatic heterocycles. The predicted molar refractivity (Wildman–Crippen MR) is 149 cm³/mol. The molecule has 6 nitrogen and oxygen atoms in total. The normalized spacial score (nSPS) is 22.8. The molecule has 1 aromatic heterocycles. The largest absolute Gasteiger partial charge is 0.492 e. The molecular formula is C31H40N4O2. The van der Waals surface area contributed by atoms with Crippen molar-refractivity contribution in [3.8, 4) is 5.75 Å². The lowest BCUT2D eigenvalue weighted by molar-refractivity contribution is -0.128. The van der Waals surface area contributed by atoms with Crippen LogP contribution >= 0.6 is 0 Å². The Balaban J connectivity index is 1.25. The van der Waals surface area contributed by atoms with Gasteiger partial charge in [0, 0.05) is 43.8 Å². The molecule has 2 fully saturated rings. The maximum atomic E-state index is 13.4. The van der Waals surface area contributed by atoms with Crippen LogP contribution in [0.1, 0.15) is 37.4 Å². The van der Waals surface area contributed by atoms with Crippen LogP contribution in [-0.4, -0.2) is 66.1 Å². The number of benzene rings is 2. The minimum atomic E-state index is -0.0320. The fourth-order valence-corrected chi connectivity index (χ4v) is 6.00. The third kappa shape index (κ3) is 6.68. The second-order valence-corrected chi connectivity index (χ2v) is 10.8. The van der Waals surface area contributed by atoms with Crippen molar-refractivity contribution in [1.82, 2.24) is 20.1 Å². The van der Waals surface area contributed by atoms with Crippen LogP contribution in [0, 0.1) is 18.8 Å². The number of pyridine rings is 1. The fourth-order valence-electron chi connectivity index (χ4n) is 6.00. The number of nitrogens with zero attached hydrogens (tertiary/aromatic N) is 3. The van der Waals surface area contributed by atoms with Crippen molar-refractivity contribution < 1.29 is 9.53 Å². The molecule has 0 bridgehead atoms. The maximum absolute atomic E-state index is 13.4. The van der Waals surface area contributed by atoms with E-state index in [1.54, 1.807) is 6.20 Å². The Morgan fingerprint density at radius 3 is 2.78 bits per heavy atom. The lowest BCUT2D eigenvalue weighted by atomic mass is 9.88. The first-order chi connectivity index (χ1) is 18.1. The number of likely N-dealkylation sites (tertiary alicyclic amines) is 2. The second kappa shape index (κ2) is 12.1. The highest BCUT2D eigenvalue weighted by Gasteiger charge is 2.33. The van der Waals surface area contributed by atoms with E-state index in [1.165, 1.54) is 29.2 Å². The first kappa shape index (κ1) is 25.7. The molecule has 2 aromatic carbocycles. The highest BCUT2D eigenvalue weighted by molar-refractivity contribution is 5.83. The average Bonchev–Trinajstić information content (AvgIpc) is 3.39. The number of aromatic nitrogens is 1. The molecule has 3 aromatic rings. The van der Waals surface area contributed by atoms with Gasteiger partial charge in [-0.3, -0.25) is 19.6 Å². The Labute approximate surface area is 221 Å². The first-order valence-electron chi connectivity index (χ1n) is 13.8. The molecule has 2 aliphatic rings. The summed E-state index contributed by atoms with van der Waals surface area (Å²) in [5.41, 5.74) is 2.26. The number of hydrogen-bond donors (Lipinski definition) is 1. The fraction of sp³-hybridized carbons (Fsp3) is 0.484. The number of fused-ring (bicyclic) bond motifs is 1. The second-order valence-electron chi connectivity index (χ2n) is 10.8. The lowest BCUT2D eigenvalue weighted by Gasteiger charge is -2.37. The molecule has 1 unspecified atom stereocenters. The average molecular weight is 501 g/mol. The topological polar surface area (TPSA) is 57.7 Å². The zero-order chi connectivity index (χ0) is 25.6. The van der Waals surface area contributed by atoms with Gasteiger partial charge in [-0.05, 0) is 73.8 Å². The van der Waals surface area contributed by atoms with E-state index in [2.05, 4.69) is 69.5 Å². The van der Waals surface area contributed by atoms with Gasteiger partial charge in [0.25, 0.3) is 0 Å². The lowest BCUT2D eigenvalue weighted by Crippen LogP contribution is -2.49. The van der Waals surface area contributed by atoms with E-state index in [1.807, 2.05) is 19.1 Å². The number of carbonyl (C=O) groups is 1. The summed E-state index contributed by atoms with van der Waals surface area (Å²) < 4.78 is 6.13. The summed E-state index contributed by atoms with van der Waals surface area (Å²) in [5, 5.41) is 5.83. The van der Waals surface area contributed by atoms with Crippen molar-refractivity contribution >= 4 is 16.7 Å². The molecule has 1 N–H and O–H groups in total. The van der Waals surface area contributed by atoms with Crippen molar-refractivity contribution in [1.29, 1.82) is 0 Å². The Morgan fingerprint density at radius 1 is 1.11 bits per heavy atom. The Morgan fingerprint density at radius 2 is 1.97 bits per heavy atom. The number of carbonyl (C=O) groups excluding carboxylic acids is 1. The van der Waals surface area contributed by atoms with Gasteiger partial charge in [-0.2, -0.15) is 0 Å². The molecule has 0 aliphatic carbocycles. The molecule has 3 heterocycles. The van der Waals surface area contributed by atoms with Crippen molar-refractivity contribution in [2.75, 3.05) is 39.3 Å². The number of ether oxygens (including phenoxy) is 1. The Kier molecular flexibility index (Phi) is 8.37.